The summed E-state index contributed by atoms with van der Waals surface area (Å²) in [6.07, 6.45) is 42.4. The van der Waals surface area contributed by atoms with Gasteiger partial charge in [0.05, 0.1) is 6.61 Å². The highest BCUT2D eigenvalue weighted by atomic mass is 16.5. The van der Waals surface area contributed by atoms with Crippen molar-refractivity contribution in [3.8, 4) is 0 Å². The number of hydrogen-bond acceptors (Lipinski definition) is 5. The molecule has 0 amide bonds. The molecule has 0 saturated heterocycles. The van der Waals surface area contributed by atoms with Crippen molar-refractivity contribution >= 4 is 5.97 Å². The number of unbranched alkanes of at least 4 members (excludes halogenated alkanes) is 23. The second-order valence-electron chi connectivity index (χ2n) is 15.4. The molecule has 0 bridgehead atoms. The number of ether oxygens (including phenoxy) is 1. The maximum Gasteiger partial charge on any atom is 0.305 e. The normalized spacial score (nSPS) is 12.3. The van der Waals surface area contributed by atoms with Gasteiger partial charge in [-0.05, 0) is 44.7 Å². The second kappa shape index (κ2) is 41.8. The minimum absolute atomic E-state index is 0.00734. The van der Waals surface area contributed by atoms with E-state index in [1.165, 1.54) is 193 Å². The molecule has 294 valence electrons. The van der Waals surface area contributed by atoms with Gasteiger partial charge in [0.1, 0.15) is 0 Å². The van der Waals surface area contributed by atoms with Crippen molar-refractivity contribution < 1.29 is 9.53 Å². The first kappa shape index (κ1) is 48.3. The Morgan fingerprint density at radius 1 is 0.510 bits per heavy atom. The quantitative estimate of drug-likeness (QED) is 0.0492. The van der Waals surface area contributed by atoms with Crippen molar-refractivity contribution in [3.63, 3.8) is 0 Å². The van der Waals surface area contributed by atoms with E-state index in [2.05, 4.69) is 31.0 Å². The third-order valence-electron chi connectivity index (χ3n) is 10.6. The van der Waals surface area contributed by atoms with Gasteiger partial charge in [-0.2, -0.15) is 0 Å². The van der Waals surface area contributed by atoms with Crippen molar-refractivity contribution in [3.05, 3.63) is 0 Å². The van der Waals surface area contributed by atoms with Gasteiger partial charge in [0, 0.05) is 32.6 Å². The summed E-state index contributed by atoms with van der Waals surface area (Å²) in [6, 6.07) is 0. The molecule has 0 aromatic rings. The van der Waals surface area contributed by atoms with E-state index in [0.29, 0.717) is 19.6 Å². The number of carbonyl (C=O) groups is 1. The van der Waals surface area contributed by atoms with Gasteiger partial charge in [-0.15, -0.1) is 0 Å². The van der Waals surface area contributed by atoms with Gasteiger partial charge in [-0.3, -0.25) is 4.79 Å². The molecule has 0 aliphatic rings. The average Bonchev–Trinajstić information content (AvgIpc) is 3.10. The second-order valence-corrected chi connectivity index (χ2v) is 15.4. The van der Waals surface area contributed by atoms with E-state index < -0.39 is 0 Å². The summed E-state index contributed by atoms with van der Waals surface area (Å²) in [5.41, 5.74) is 5.70. The van der Waals surface area contributed by atoms with Gasteiger partial charge >= 0.3 is 5.97 Å². The third-order valence-corrected chi connectivity index (χ3v) is 10.6. The fourth-order valence-electron chi connectivity index (χ4n) is 7.23. The molecule has 0 aromatic carbocycles. The van der Waals surface area contributed by atoms with Gasteiger partial charge in [-0.1, -0.05) is 194 Å². The Hall–Kier alpha value is -0.650. The molecule has 1 unspecified atom stereocenters. The maximum atomic E-state index is 12.1. The van der Waals surface area contributed by atoms with Crippen molar-refractivity contribution in [2.24, 2.45) is 11.7 Å². The number of nitrogens with zero attached hydrogens (tertiary/aromatic N) is 1. The molecular formula is C44H91N3O2. The van der Waals surface area contributed by atoms with E-state index in [1.807, 2.05) is 0 Å². The molecule has 0 radical (unpaired) electrons. The van der Waals surface area contributed by atoms with Crippen LogP contribution in [0.1, 0.15) is 226 Å². The van der Waals surface area contributed by atoms with Gasteiger partial charge in [-0.25, -0.2) is 0 Å². The number of nitrogens with two attached hydrogens (primary N) is 1. The van der Waals surface area contributed by atoms with Crippen LogP contribution in [0.3, 0.4) is 0 Å². The summed E-state index contributed by atoms with van der Waals surface area (Å²) in [7, 11) is 0. The first-order chi connectivity index (χ1) is 24.2. The lowest BCUT2D eigenvalue weighted by Crippen LogP contribution is -2.35. The Balaban J connectivity index is 4.09. The molecular weight excluding hydrogens is 603 g/mol. The SMILES string of the molecule is CCCCCCCCCOC(=O)CCCCCCCN(CCCCCCCC(CCCCCCC)CCCCCCCC)CCNCCN. The number of carbonyl (C=O) groups excluding carboxylic acids is 1. The summed E-state index contributed by atoms with van der Waals surface area (Å²) in [5.74, 6) is 0.991. The Morgan fingerprint density at radius 3 is 1.39 bits per heavy atom. The van der Waals surface area contributed by atoms with E-state index in [-0.39, 0.29) is 5.97 Å². The highest BCUT2D eigenvalue weighted by Crippen LogP contribution is 2.24. The largest absolute Gasteiger partial charge is 0.466 e. The van der Waals surface area contributed by atoms with Crippen LogP contribution >= 0.6 is 0 Å². The third kappa shape index (κ3) is 38.4. The molecule has 0 aliphatic carbocycles. The van der Waals surface area contributed by atoms with Gasteiger partial charge < -0.3 is 20.7 Å². The molecule has 0 rings (SSSR count). The molecule has 0 aromatic heterocycles. The van der Waals surface area contributed by atoms with Crippen LogP contribution in [0.15, 0.2) is 0 Å². The first-order valence-corrected chi connectivity index (χ1v) is 22.5. The Kier molecular flexibility index (Phi) is 41.2. The van der Waals surface area contributed by atoms with Gasteiger partial charge in [0.15, 0.2) is 0 Å². The minimum Gasteiger partial charge on any atom is -0.466 e. The van der Waals surface area contributed by atoms with Crippen LogP contribution in [0.5, 0.6) is 0 Å². The van der Waals surface area contributed by atoms with Crippen LogP contribution in [0, 0.1) is 5.92 Å². The molecule has 49 heavy (non-hydrogen) atoms. The van der Waals surface area contributed by atoms with Crippen LogP contribution in [-0.4, -0.2) is 56.7 Å². The van der Waals surface area contributed by atoms with Crippen molar-refractivity contribution in [2.45, 2.75) is 226 Å². The highest BCUT2D eigenvalue weighted by molar-refractivity contribution is 5.69. The zero-order valence-electron chi connectivity index (χ0n) is 34.0. The fourth-order valence-corrected chi connectivity index (χ4v) is 7.23. The van der Waals surface area contributed by atoms with E-state index in [0.717, 1.165) is 44.8 Å². The van der Waals surface area contributed by atoms with E-state index in [4.69, 9.17) is 10.5 Å². The summed E-state index contributed by atoms with van der Waals surface area (Å²) < 4.78 is 5.46. The monoisotopic (exact) mass is 694 g/mol. The zero-order chi connectivity index (χ0) is 35.7. The van der Waals surface area contributed by atoms with Gasteiger partial charge in [0.25, 0.3) is 0 Å². The van der Waals surface area contributed by atoms with Crippen LogP contribution in [0.4, 0.5) is 0 Å². The Morgan fingerprint density at radius 2 is 0.918 bits per heavy atom. The van der Waals surface area contributed by atoms with Crippen molar-refractivity contribution in [1.29, 1.82) is 0 Å². The predicted molar refractivity (Wildman–Crippen MR) is 218 cm³/mol. The van der Waals surface area contributed by atoms with Crippen LogP contribution < -0.4 is 11.1 Å². The first-order valence-electron chi connectivity index (χ1n) is 22.5. The summed E-state index contributed by atoms with van der Waals surface area (Å²) in [4.78, 5) is 14.7. The van der Waals surface area contributed by atoms with Crippen molar-refractivity contribution in [2.75, 3.05) is 45.9 Å². The molecule has 1 atom stereocenters. The molecule has 0 fully saturated rings. The molecule has 0 aliphatic heterocycles. The fraction of sp³-hybridized carbons (Fsp3) is 0.977. The summed E-state index contributed by atoms with van der Waals surface area (Å²) in [6.45, 7) is 13.7. The van der Waals surface area contributed by atoms with Crippen LogP contribution in [0.25, 0.3) is 0 Å². The molecule has 3 N–H and O–H groups in total. The number of nitrogens with one attached hydrogen (secondary N) is 1. The molecule has 0 spiro atoms. The summed E-state index contributed by atoms with van der Waals surface area (Å²) >= 11 is 0. The lowest BCUT2D eigenvalue weighted by Gasteiger charge is -2.22. The molecule has 5 heteroatoms. The molecule has 0 heterocycles. The van der Waals surface area contributed by atoms with E-state index in [9.17, 15) is 4.79 Å². The van der Waals surface area contributed by atoms with Crippen LogP contribution in [-0.2, 0) is 9.53 Å². The number of esters is 1. The van der Waals surface area contributed by atoms with Crippen LogP contribution in [0.2, 0.25) is 0 Å². The average molecular weight is 694 g/mol. The van der Waals surface area contributed by atoms with Gasteiger partial charge in [0.2, 0.25) is 0 Å². The lowest BCUT2D eigenvalue weighted by atomic mass is 9.89. The molecule has 5 nitrogen and oxygen atoms in total. The smallest absolute Gasteiger partial charge is 0.305 e. The zero-order valence-corrected chi connectivity index (χ0v) is 34.0. The Labute approximate surface area is 308 Å². The summed E-state index contributed by atoms with van der Waals surface area (Å²) in [5, 5.41) is 3.50. The standard InChI is InChI=1S/C44H91N3O2/c1-4-7-10-13-15-24-31-42-49-44(48)35-28-21-17-23-30-40-47(41-38-46-37-36-45)39-29-22-16-20-27-34-43(32-25-18-12-9-6-3)33-26-19-14-11-8-5-2/h43,46H,4-42,45H2,1-3H3. The van der Waals surface area contributed by atoms with Crippen molar-refractivity contribution in [1.82, 2.24) is 10.2 Å². The highest BCUT2D eigenvalue weighted by Gasteiger charge is 2.10. The number of rotatable bonds is 42. The topological polar surface area (TPSA) is 67.6 Å². The molecule has 0 saturated carbocycles. The maximum absolute atomic E-state index is 12.1. The minimum atomic E-state index is 0.00734. The lowest BCUT2D eigenvalue weighted by molar-refractivity contribution is -0.143. The number of hydrogen-bond donors (Lipinski definition) is 2. The van der Waals surface area contributed by atoms with E-state index >= 15 is 0 Å². The van der Waals surface area contributed by atoms with E-state index in [1.54, 1.807) is 0 Å². The predicted octanol–water partition coefficient (Wildman–Crippen LogP) is 12.5. The Bertz CT molecular complexity index is 631.